The molecule has 3 nitrogen and oxygen atoms in total. The maximum atomic E-state index is 6.18. The number of benzene rings is 1. The van der Waals surface area contributed by atoms with E-state index in [-0.39, 0.29) is 0 Å². The molecule has 0 fully saturated rings. The van der Waals surface area contributed by atoms with Gasteiger partial charge in [0.05, 0.1) is 5.69 Å². The molecule has 0 radical (unpaired) electrons. The van der Waals surface area contributed by atoms with Crippen LogP contribution in [0.5, 0.6) is 0 Å². The molecule has 0 saturated carbocycles. The van der Waals surface area contributed by atoms with Crippen LogP contribution in [0.2, 0.25) is 5.02 Å². The van der Waals surface area contributed by atoms with E-state index in [2.05, 4.69) is 16.8 Å². The average molecular weight is 296 g/mol. The Kier molecular flexibility index (Phi) is 4.80. The minimum atomic E-state index is 0.556. The standard InChI is InChI=1S/C14H18ClN3S/c1-3-12-13(8-16)19-14(17-12)18(2)9-10-6-4-5-7-11(10)15/h4-7H,3,8-9,16H2,1-2H3. The Morgan fingerprint density at radius 2 is 2.11 bits per heavy atom. The molecule has 5 heteroatoms. The Labute approximate surface area is 123 Å². The molecule has 2 aromatic rings. The highest BCUT2D eigenvalue weighted by atomic mass is 35.5. The fraction of sp³-hybridized carbons (Fsp3) is 0.357. The van der Waals surface area contributed by atoms with Crippen molar-refractivity contribution in [1.82, 2.24) is 4.98 Å². The van der Waals surface area contributed by atoms with Gasteiger partial charge in [-0.2, -0.15) is 0 Å². The van der Waals surface area contributed by atoms with E-state index < -0.39 is 0 Å². The minimum absolute atomic E-state index is 0.556. The van der Waals surface area contributed by atoms with Crippen LogP contribution in [0.4, 0.5) is 5.13 Å². The SMILES string of the molecule is CCc1nc(N(C)Cc2ccccc2Cl)sc1CN. The third kappa shape index (κ3) is 3.26. The molecule has 0 aliphatic rings. The van der Waals surface area contributed by atoms with Gasteiger partial charge in [0.15, 0.2) is 5.13 Å². The number of hydrogen-bond acceptors (Lipinski definition) is 4. The number of aromatic nitrogens is 1. The van der Waals surface area contributed by atoms with E-state index in [4.69, 9.17) is 17.3 Å². The third-order valence-electron chi connectivity index (χ3n) is 2.98. The Morgan fingerprint density at radius 3 is 2.68 bits per heavy atom. The van der Waals surface area contributed by atoms with E-state index in [9.17, 15) is 0 Å². The second-order valence-electron chi connectivity index (χ2n) is 4.37. The average Bonchev–Trinajstić information content (AvgIpc) is 2.84. The Balaban J connectivity index is 2.18. The summed E-state index contributed by atoms with van der Waals surface area (Å²) in [6.07, 6.45) is 0.920. The van der Waals surface area contributed by atoms with Crippen LogP contribution in [0.25, 0.3) is 0 Å². The topological polar surface area (TPSA) is 42.2 Å². The highest BCUT2D eigenvalue weighted by Gasteiger charge is 2.13. The number of halogens is 1. The summed E-state index contributed by atoms with van der Waals surface area (Å²) in [6.45, 7) is 3.41. The Hall–Kier alpha value is -1.10. The van der Waals surface area contributed by atoms with Crippen LogP contribution in [0.3, 0.4) is 0 Å². The van der Waals surface area contributed by atoms with Gasteiger partial charge < -0.3 is 10.6 Å². The minimum Gasteiger partial charge on any atom is -0.347 e. The number of aryl methyl sites for hydroxylation is 1. The van der Waals surface area contributed by atoms with Gasteiger partial charge in [-0.25, -0.2) is 4.98 Å². The lowest BCUT2D eigenvalue weighted by Gasteiger charge is -2.16. The van der Waals surface area contributed by atoms with E-state index in [1.54, 1.807) is 11.3 Å². The van der Waals surface area contributed by atoms with Crippen molar-refractivity contribution < 1.29 is 0 Å². The predicted molar refractivity (Wildman–Crippen MR) is 82.9 cm³/mol. The van der Waals surface area contributed by atoms with Crippen LogP contribution >= 0.6 is 22.9 Å². The molecule has 0 spiro atoms. The summed E-state index contributed by atoms with van der Waals surface area (Å²) in [4.78, 5) is 7.93. The normalized spacial score (nSPS) is 10.7. The zero-order valence-corrected chi connectivity index (χ0v) is 12.8. The molecule has 0 atom stereocenters. The van der Waals surface area contributed by atoms with Crippen molar-refractivity contribution in [2.45, 2.75) is 26.4 Å². The molecule has 2 N–H and O–H groups in total. The van der Waals surface area contributed by atoms with E-state index in [0.717, 1.165) is 34.4 Å². The van der Waals surface area contributed by atoms with E-state index in [0.29, 0.717) is 6.54 Å². The highest BCUT2D eigenvalue weighted by molar-refractivity contribution is 7.15. The smallest absolute Gasteiger partial charge is 0.185 e. The van der Waals surface area contributed by atoms with Gasteiger partial charge in [-0.1, -0.05) is 36.7 Å². The number of rotatable bonds is 5. The summed E-state index contributed by atoms with van der Waals surface area (Å²) in [6, 6.07) is 7.89. The molecule has 0 unspecified atom stereocenters. The fourth-order valence-electron chi connectivity index (χ4n) is 1.92. The second kappa shape index (κ2) is 6.37. The number of thiazole rings is 1. The maximum absolute atomic E-state index is 6.18. The van der Waals surface area contributed by atoms with Crippen LogP contribution in [0.15, 0.2) is 24.3 Å². The largest absolute Gasteiger partial charge is 0.347 e. The molecule has 0 saturated heterocycles. The molecule has 1 heterocycles. The zero-order chi connectivity index (χ0) is 13.8. The van der Waals surface area contributed by atoms with Crippen LogP contribution < -0.4 is 10.6 Å². The van der Waals surface area contributed by atoms with Crippen LogP contribution in [-0.2, 0) is 19.5 Å². The van der Waals surface area contributed by atoms with Gasteiger partial charge in [0.2, 0.25) is 0 Å². The lowest BCUT2D eigenvalue weighted by atomic mass is 10.2. The second-order valence-corrected chi connectivity index (χ2v) is 5.84. The molecule has 0 bridgehead atoms. The van der Waals surface area contributed by atoms with Crippen molar-refractivity contribution in [3.63, 3.8) is 0 Å². The summed E-state index contributed by atoms with van der Waals surface area (Å²) in [5.74, 6) is 0. The van der Waals surface area contributed by atoms with Gasteiger partial charge in [-0.05, 0) is 18.1 Å². The Bertz CT molecular complexity index is 532. The first kappa shape index (κ1) is 14.3. The van der Waals surface area contributed by atoms with Gasteiger partial charge in [0, 0.05) is 30.0 Å². The predicted octanol–water partition coefficient (Wildman–Crippen LogP) is 3.45. The first-order valence-corrected chi connectivity index (χ1v) is 7.48. The first-order valence-electron chi connectivity index (χ1n) is 6.28. The molecular formula is C14H18ClN3S. The van der Waals surface area contributed by atoms with E-state index >= 15 is 0 Å². The number of nitrogens with two attached hydrogens (primary N) is 1. The van der Waals surface area contributed by atoms with Crippen molar-refractivity contribution in [1.29, 1.82) is 0 Å². The zero-order valence-electron chi connectivity index (χ0n) is 11.2. The molecule has 1 aromatic heterocycles. The number of anilines is 1. The highest BCUT2D eigenvalue weighted by Crippen LogP contribution is 2.27. The quantitative estimate of drug-likeness (QED) is 0.918. The molecule has 102 valence electrons. The molecule has 0 aliphatic carbocycles. The van der Waals surface area contributed by atoms with Gasteiger partial charge in [-0.3, -0.25) is 0 Å². The van der Waals surface area contributed by atoms with Gasteiger partial charge in [0.1, 0.15) is 0 Å². The van der Waals surface area contributed by atoms with E-state index in [1.807, 2.05) is 31.3 Å². The first-order chi connectivity index (χ1) is 9.15. The van der Waals surface area contributed by atoms with Gasteiger partial charge in [0.25, 0.3) is 0 Å². The monoisotopic (exact) mass is 295 g/mol. The lowest BCUT2D eigenvalue weighted by molar-refractivity contribution is 0.900. The van der Waals surface area contributed by atoms with Gasteiger partial charge >= 0.3 is 0 Å². The van der Waals surface area contributed by atoms with E-state index in [1.165, 1.54) is 4.88 Å². The van der Waals surface area contributed by atoms with Crippen LogP contribution in [-0.4, -0.2) is 12.0 Å². The lowest BCUT2D eigenvalue weighted by Crippen LogP contribution is -2.16. The molecule has 2 rings (SSSR count). The maximum Gasteiger partial charge on any atom is 0.185 e. The summed E-state index contributed by atoms with van der Waals surface area (Å²) in [5, 5.41) is 1.79. The van der Waals surface area contributed by atoms with Crippen molar-refractivity contribution in [3.05, 3.63) is 45.4 Å². The third-order valence-corrected chi connectivity index (χ3v) is 4.58. The van der Waals surface area contributed by atoms with Gasteiger partial charge in [-0.15, -0.1) is 11.3 Å². The van der Waals surface area contributed by atoms with Crippen molar-refractivity contribution in [2.24, 2.45) is 5.73 Å². The van der Waals surface area contributed by atoms with Crippen molar-refractivity contribution in [3.8, 4) is 0 Å². The summed E-state index contributed by atoms with van der Waals surface area (Å²) >= 11 is 7.85. The van der Waals surface area contributed by atoms with Crippen LogP contribution in [0, 0.1) is 0 Å². The molecule has 1 aromatic carbocycles. The molecule has 19 heavy (non-hydrogen) atoms. The number of nitrogens with zero attached hydrogens (tertiary/aromatic N) is 2. The molecule has 0 aliphatic heterocycles. The van der Waals surface area contributed by atoms with Crippen molar-refractivity contribution in [2.75, 3.05) is 11.9 Å². The van der Waals surface area contributed by atoms with Crippen LogP contribution in [0.1, 0.15) is 23.1 Å². The number of hydrogen-bond donors (Lipinski definition) is 1. The summed E-state index contributed by atoms with van der Waals surface area (Å²) in [7, 11) is 2.03. The van der Waals surface area contributed by atoms with Crippen molar-refractivity contribution >= 4 is 28.1 Å². The molecular weight excluding hydrogens is 278 g/mol. The fourth-order valence-corrected chi connectivity index (χ4v) is 3.10. The molecule has 0 amide bonds. The summed E-state index contributed by atoms with van der Waals surface area (Å²) < 4.78 is 0. The summed E-state index contributed by atoms with van der Waals surface area (Å²) in [5.41, 5.74) is 7.96. The Morgan fingerprint density at radius 1 is 1.37 bits per heavy atom.